The molecule has 2 atom stereocenters. The fraction of sp³-hybridized carbons (Fsp3) is 0.250. The van der Waals surface area contributed by atoms with Crippen LogP contribution in [0.2, 0.25) is 0 Å². The van der Waals surface area contributed by atoms with E-state index in [1.54, 1.807) is 0 Å². The van der Waals surface area contributed by atoms with Gasteiger partial charge in [0.1, 0.15) is 5.82 Å². The highest BCUT2D eigenvalue weighted by Crippen LogP contribution is 2.24. The molecule has 1 aliphatic rings. The van der Waals surface area contributed by atoms with Crippen LogP contribution < -0.4 is 10.6 Å². The number of aliphatic carboxylic acids is 1. The third-order valence-corrected chi connectivity index (χ3v) is 5.58. The zero-order chi connectivity index (χ0) is 27.1. The monoisotopic (exact) mass is 513 g/mol. The lowest BCUT2D eigenvalue weighted by molar-refractivity contribution is -0.384. The number of amides is 4. The second-order valence-electron chi connectivity index (χ2n) is 8.06. The van der Waals surface area contributed by atoms with Crippen molar-refractivity contribution in [3.63, 3.8) is 0 Å². The van der Waals surface area contributed by atoms with Crippen molar-refractivity contribution in [3.05, 3.63) is 88.2 Å². The molecule has 0 aromatic heterocycles. The normalized spacial score (nSPS) is 15.5. The number of carboxylic acid groups (broad SMARTS) is 1. The standard InChI is InChI=1S/C24H24FN5O7/c1-2-9-26-24(35)29-11-10-28(23(34)16-6-3-7-17(25)12-16)22(29)21(33)27-19(14-20(31)32)15-5-4-8-18(13-15)30(36)37/h2-8,12-13,19,22H,1,9-11,14H2,(H,26,35)(H,27,33)(H,31,32). The molecule has 3 rings (SSSR count). The van der Waals surface area contributed by atoms with Crippen molar-refractivity contribution >= 4 is 29.5 Å². The quantitative estimate of drug-likeness (QED) is 0.263. The number of carbonyl (C=O) groups is 4. The minimum atomic E-state index is -1.50. The summed E-state index contributed by atoms with van der Waals surface area (Å²) in [7, 11) is 0. The van der Waals surface area contributed by atoms with Crippen LogP contribution in [0.1, 0.15) is 28.4 Å². The van der Waals surface area contributed by atoms with Gasteiger partial charge in [-0.2, -0.15) is 0 Å². The number of hydrogen-bond donors (Lipinski definition) is 3. The molecule has 2 aromatic rings. The maximum absolute atomic E-state index is 13.7. The first-order valence-electron chi connectivity index (χ1n) is 11.1. The smallest absolute Gasteiger partial charge is 0.319 e. The van der Waals surface area contributed by atoms with E-state index in [2.05, 4.69) is 17.2 Å². The number of nitrogens with zero attached hydrogens (tertiary/aromatic N) is 3. The van der Waals surface area contributed by atoms with Gasteiger partial charge >= 0.3 is 12.0 Å². The van der Waals surface area contributed by atoms with Crippen molar-refractivity contribution in [2.75, 3.05) is 19.6 Å². The number of urea groups is 1. The van der Waals surface area contributed by atoms with Crippen molar-refractivity contribution in [3.8, 4) is 0 Å². The molecule has 1 heterocycles. The Bertz CT molecular complexity index is 1240. The predicted molar refractivity (Wildman–Crippen MR) is 128 cm³/mol. The van der Waals surface area contributed by atoms with Crippen LogP contribution in [0.4, 0.5) is 14.9 Å². The van der Waals surface area contributed by atoms with E-state index < -0.39 is 53.2 Å². The number of nitro groups is 1. The third kappa shape index (κ3) is 6.45. The lowest BCUT2D eigenvalue weighted by atomic mass is 10.0. The highest BCUT2D eigenvalue weighted by Gasteiger charge is 2.43. The Hall–Kier alpha value is -4.81. The van der Waals surface area contributed by atoms with Crippen LogP contribution >= 0.6 is 0 Å². The molecule has 0 spiro atoms. The van der Waals surface area contributed by atoms with Gasteiger partial charge in [-0.15, -0.1) is 6.58 Å². The SMILES string of the molecule is C=CCNC(=O)N1CCN(C(=O)c2cccc(F)c2)C1C(=O)NC(CC(=O)O)c1cccc([N+](=O)[O-])c1. The summed E-state index contributed by atoms with van der Waals surface area (Å²) in [5.74, 6) is -3.58. The fourth-order valence-corrected chi connectivity index (χ4v) is 3.91. The molecule has 2 aromatic carbocycles. The summed E-state index contributed by atoms with van der Waals surface area (Å²) >= 11 is 0. The number of carbonyl (C=O) groups excluding carboxylic acids is 3. The van der Waals surface area contributed by atoms with Crippen LogP contribution in [0.3, 0.4) is 0 Å². The second-order valence-corrected chi connectivity index (χ2v) is 8.06. The van der Waals surface area contributed by atoms with Gasteiger partial charge in [0.25, 0.3) is 17.5 Å². The number of benzene rings is 2. The number of nitro benzene ring substituents is 1. The summed E-state index contributed by atoms with van der Waals surface area (Å²) in [6, 6.07) is 8.04. The minimum Gasteiger partial charge on any atom is -0.481 e. The molecule has 0 saturated carbocycles. The number of hydrogen-bond acceptors (Lipinski definition) is 6. The van der Waals surface area contributed by atoms with Gasteiger partial charge in [0, 0.05) is 37.3 Å². The molecular formula is C24H24FN5O7. The van der Waals surface area contributed by atoms with Gasteiger partial charge < -0.3 is 20.6 Å². The number of rotatable bonds is 9. The van der Waals surface area contributed by atoms with Crippen LogP contribution in [0.5, 0.6) is 0 Å². The molecule has 3 N–H and O–H groups in total. The van der Waals surface area contributed by atoms with Crippen molar-refractivity contribution < 1.29 is 33.6 Å². The summed E-state index contributed by atoms with van der Waals surface area (Å²) in [5.41, 5.74) is -0.211. The van der Waals surface area contributed by atoms with Gasteiger partial charge in [-0.3, -0.25) is 29.4 Å². The van der Waals surface area contributed by atoms with Crippen molar-refractivity contribution in [1.29, 1.82) is 0 Å². The highest BCUT2D eigenvalue weighted by atomic mass is 19.1. The summed E-state index contributed by atoms with van der Waals surface area (Å²) in [6.07, 6.45) is -0.708. The summed E-state index contributed by atoms with van der Waals surface area (Å²) < 4.78 is 13.7. The Kier molecular flexibility index (Phi) is 8.51. The van der Waals surface area contributed by atoms with E-state index in [0.29, 0.717) is 0 Å². The van der Waals surface area contributed by atoms with Gasteiger partial charge in [-0.1, -0.05) is 24.3 Å². The zero-order valence-corrected chi connectivity index (χ0v) is 19.5. The van der Waals surface area contributed by atoms with Crippen molar-refractivity contribution in [1.82, 2.24) is 20.4 Å². The summed E-state index contributed by atoms with van der Waals surface area (Å²) in [4.78, 5) is 63.6. The molecule has 2 unspecified atom stereocenters. The first-order valence-corrected chi connectivity index (χ1v) is 11.1. The second kappa shape index (κ2) is 11.7. The molecule has 37 heavy (non-hydrogen) atoms. The average molecular weight is 513 g/mol. The largest absolute Gasteiger partial charge is 0.481 e. The number of carboxylic acids is 1. The molecule has 0 aliphatic carbocycles. The Labute approximate surface area is 210 Å². The van der Waals surface area contributed by atoms with E-state index in [4.69, 9.17) is 0 Å². The summed E-state index contributed by atoms with van der Waals surface area (Å²) in [6.45, 7) is 3.49. The molecule has 13 heteroatoms. The van der Waals surface area contributed by atoms with Gasteiger partial charge in [0.15, 0.2) is 6.17 Å². The predicted octanol–water partition coefficient (Wildman–Crippen LogP) is 2.05. The average Bonchev–Trinajstić information content (AvgIpc) is 3.31. The lowest BCUT2D eigenvalue weighted by Gasteiger charge is -2.30. The Morgan fingerprint density at radius 1 is 1.16 bits per heavy atom. The first-order chi connectivity index (χ1) is 17.6. The molecule has 4 amide bonds. The number of nitrogens with one attached hydrogen (secondary N) is 2. The maximum Gasteiger partial charge on any atom is 0.319 e. The van der Waals surface area contributed by atoms with E-state index in [1.807, 2.05) is 0 Å². The molecule has 1 aliphatic heterocycles. The molecule has 194 valence electrons. The fourth-order valence-electron chi connectivity index (χ4n) is 3.91. The Morgan fingerprint density at radius 3 is 2.51 bits per heavy atom. The molecule has 1 fully saturated rings. The summed E-state index contributed by atoms with van der Waals surface area (Å²) in [5, 5.41) is 25.6. The van der Waals surface area contributed by atoms with Gasteiger partial charge in [0.2, 0.25) is 0 Å². The van der Waals surface area contributed by atoms with Gasteiger partial charge in [-0.05, 0) is 23.8 Å². The van der Waals surface area contributed by atoms with E-state index in [1.165, 1.54) is 36.4 Å². The van der Waals surface area contributed by atoms with Gasteiger partial charge in [0.05, 0.1) is 17.4 Å². The molecule has 12 nitrogen and oxygen atoms in total. The minimum absolute atomic E-state index is 0.0392. The molecule has 0 bridgehead atoms. The molecular weight excluding hydrogens is 489 g/mol. The van der Waals surface area contributed by atoms with Crippen molar-refractivity contribution in [2.24, 2.45) is 0 Å². The van der Waals surface area contributed by atoms with Gasteiger partial charge in [-0.25, -0.2) is 9.18 Å². The highest BCUT2D eigenvalue weighted by molar-refractivity contribution is 5.99. The number of halogens is 1. The zero-order valence-electron chi connectivity index (χ0n) is 19.5. The van der Waals surface area contributed by atoms with Crippen LogP contribution in [-0.2, 0) is 9.59 Å². The Morgan fingerprint density at radius 2 is 1.86 bits per heavy atom. The molecule has 0 radical (unpaired) electrons. The van der Waals surface area contributed by atoms with Crippen LogP contribution in [0.25, 0.3) is 0 Å². The lowest BCUT2D eigenvalue weighted by Crippen LogP contribution is -2.56. The maximum atomic E-state index is 13.7. The van der Waals surface area contributed by atoms with Crippen LogP contribution in [0.15, 0.2) is 61.2 Å². The topological polar surface area (TPSA) is 162 Å². The number of non-ortho nitro benzene ring substituents is 1. The van der Waals surface area contributed by atoms with E-state index in [9.17, 15) is 38.8 Å². The third-order valence-electron chi connectivity index (χ3n) is 5.58. The molecule has 1 saturated heterocycles. The van der Waals surface area contributed by atoms with Crippen LogP contribution in [0, 0.1) is 15.9 Å². The van der Waals surface area contributed by atoms with Crippen molar-refractivity contribution in [2.45, 2.75) is 18.6 Å². The van der Waals surface area contributed by atoms with E-state index >= 15 is 0 Å². The first kappa shape index (κ1) is 26.8. The Balaban J connectivity index is 1.95. The van der Waals surface area contributed by atoms with E-state index in [0.717, 1.165) is 28.0 Å². The van der Waals surface area contributed by atoms with Crippen LogP contribution in [-0.4, -0.2) is 69.4 Å². The van der Waals surface area contributed by atoms with E-state index in [-0.39, 0.29) is 36.4 Å².